The highest BCUT2D eigenvalue weighted by molar-refractivity contribution is 5.85. The van der Waals surface area contributed by atoms with Crippen molar-refractivity contribution in [1.82, 2.24) is 4.90 Å². The molecule has 1 heterocycles. The number of ether oxygens (including phenoxy) is 2. The number of piperidine rings is 1. The van der Waals surface area contributed by atoms with E-state index in [4.69, 9.17) is 9.84 Å². The maximum atomic E-state index is 12.3. The Morgan fingerprint density at radius 3 is 2.48 bits per heavy atom. The van der Waals surface area contributed by atoms with Crippen LogP contribution in [0.15, 0.2) is 24.3 Å². The average molecular weight is 412 g/mol. The smallest absolute Gasteiger partial charge is 0.406 e. The van der Waals surface area contributed by atoms with E-state index in [2.05, 4.69) is 23.5 Å². The van der Waals surface area contributed by atoms with Crippen LogP contribution in [0.1, 0.15) is 44.7 Å². The van der Waals surface area contributed by atoms with Crippen LogP contribution < -0.4 is 4.74 Å². The van der Waals surface area contributed by atoms with Gasteiger partial charge in [0, 0.05) is 31.8 Å². The van der Waals surface area contributed by atoms with Crippen molar-refractivity contribution in [1.29, 1.82) is 0 Å². The van der Waals surface area contributed by atoms with Gasteiger partial charge in [0.1, 0.15) is 5.75 Å². The van der Waals surface area contributed by atoms with E-state index < -0.39 is 6.36 Å². The van der Waals surface area contributed by atoms with Crippen molar-refractivity contribution in [3.63, 3.8) is 0 Å². The van der Waals surface area contributed by atoms with Crippen molar-refractivity contribution < 1.29 is 27.8 Å². The summed E-state index contributed by atoms with van der Waals surface area (Å²) in [5.41, 5.74) is 0.953. The number of hydrogen-bond acceptors (Lipinski definition) is 4. The number of aliphatic hydroxyl groups is 1. The molecule has 27 heavy (non-hydrogen) atoms. The molecule has 3 atom stereocenters. The van der Waals surface area contributed by atoms with Crippen LogP contribution in [0.5, 0.6) is 5.75 Å². The Morgan fingerprint density at radius 2 is 1.89 bits per heavy atom. The molecule has 0 radical (unpaired) electrons. The van der Waals surface area contributed by atoms with Crippen LogP contribution >= 0.6 is 12.4 Å². The molecule has 4 nitrogen and oxygen atoms in total. The molecule has 1 aliphatic rings. The number of hydrogen-bond donors (Lipinski definition) is 1. The average Bonchev–Trinajstić information content (AvgIpc) is 2.58. The third-order valence-corrected chi connectivity index (χ3v) is 4.83. The van der Waals surface area contributed by atoms with Crippen LogP contribution in [0.3, 0.4) is 0 Å². The highest BCUT2D eigenvalue weighted by atomic mass is 35.5. The molecule has 1 fully saturated rings. The van der Waals surface area contributed by atoms with Crippen molar-refractivity contribution >= 4 is 12.4 Å². The lowest BCUT2D eigenvalue weighted by atomic mass is 9.91. The fourth-order valence-electron chi connectivity index (χ4n) is 3.42. The minimum atomic E-state index is -4.67. The molecule has 1 saturated heterocycles. The normalized spacial score (nSPS) is 22.1. The molecular formula is C19H29ClF3NO3. The van der Waals surface area contributed by atoms with E-state index in [1.54, 1.807) is 12.1 Å². The molecule has 156 valence electrons. The predicted molar refractivity (Wildman–Crippen MR) is 100 cm³/mol. The molecule has 1 N–H and O–H groups in total. The van der Waals surface area contributed by atoms with Crippen molar-refractivity contribution in [2.75, 3.05) is 26.4 Å². The van der Waals surface area contributed by atoms with Crippen molar-refractivity contribution in [2.45, 2.75) is 51.6 Å². The van der Waals surface area contributed by atoms with Crippen LogP contribution in [-0.4, -0.2) is 48.8 Å². The fraction of sp³-hybridized carbons (Fsp3) is 0.684. The quantitative estimate of drug-likeness (QED) is 0.636. The van der Waals surface area contributed by atoms with Crippen molar-refractivity contribution in [2.24, 2.45) is 5.92 Å². The van der Waals surface area contributed by atoms with Gasteiger partial charge in [0.15, 0.2) is 0 Å². The summed E-state index contributed by atoms with van der Waals surface area (Å²) < 4.78 is 46.5. The van der Waals surface area contributed by atoms with Gasteiger partial charge in [0.05, 0.1) is 6.61 Å². The second-order valence-corrected chi connectivity index (χ2v) is 6.98. The summed E-state index contributed by atoms with van der Waals surface area (Å²) in [6.45, 7) is 6.46. The molecule has 1 aliphatic heterocycles. The predicted octanol–water partition coefficient (Wildman–Crippen LogP) is 4.57. The Morgan fingerprint density at radius 1 is 1.22 bits per heavy atom. The first-order valence-electron chi connectivity index (χ1n) is 9.10. The largest absolute Gasteiger partial charge is 0.573 e. The van der Waals surface area contributed by atoms with E-state index in [1.807, 2.05) is 0 Å². The van der Waals surface area contributed by atoms with E-state index >= 15 is 0 Å². The first-order chi connectivity index (χ1) is 12.3. The summed E-state index contributed by atoms with van der Waals surface area (Å²) in [7, 11) is 0. The number of rotatable bonds is 8. The molecule has 1 aromatic carbocycles. The van der Waals surface area contributed by atoms with Gasteiger partial charge < -0.3 is 14.6 Å². The summed E-state index contributed by atoms with van der Waals surface area (Å²) in [6, 6.07) is 6.44. The SMILES string of the molecule is CC(c1ccc(OC(F)(F)F)cc1)N1C[C@H](C)CC[C@H]1COCCCO.Cl. The maximum absolute atomic E-state index is 12.3. The maximum Gasteiger partial charge on any atom is 0.573 e. The fourth-order valence-corrected chi connectivity index (χ4v) is 3.42. The van der Waals surface area contributed by atoms with Gasteiger partial charge in [-0.2, -0.15) is 0 Å². The van der Waals surface area contributed by atoms with Gasteiger partial charge in [-0.3, -0.25) is 4.90 Å². The molecule has 0 bridgehead atoms. The van der Waals surface area contributed by atoms with Crippen molar-refractivity contribution in [3.05, 3.63) is 29.8 Å². The number of alkyl halides is 3. The second kappa shape index (κ2) is 11.1. The molecule has 2 rings (SSSR count). The molecule has 0 amide bonds. The minimum absolute atomic E-state index is 0. The van der Waals surface area contributed by atoms with Crippen LogP contribution in [0, 0.1) is 5.92 Å². The van der Waals surface area contributed by atoms with E-state index in [0.29, 0.717) is 25.6 Å². The molecule has 0 aromatic heterocycles. The Kier molecular flexibility index (Phi) is 9.87. The zero-order valence-electron chi connectivity index (χ0n) is 15.7. The number of aliphatic hydroxyl groups excluding tert-OH is 1. The monoisotopic (exact) mass is 411 g/mol. The number of benzene rings is 1. The second-order valence-electron chi connectivity index (χ2n) is 6.98. The third-order valence-electron chi connectivity index (χ3n) is 4.83. The van der Waals surface area contributed by atoms with E-state index in [1.165, 1.54) is 12.1 Å². The number of nitrogens with zero attached hydrogens (tertiary/aromatic N) is 1. The van der Waals surface area contributed by atoms with Crippen LogP contribution in [-0.2, 0) is 4.74 Å². The molecule has 0 saturated carbocycles. The molecule has 0 spiro atoms. The van der Waals surface area contributed by atoms with E-state index in [0.717, 1.165) is 24.9 Å². The van der Waals surface area contributed by atoms with Crippen LogP contribution in [0.25, 0.3) is 0 Å². The lowest BCUT2D eigenvalue weighted by molar-refractivity contribution is -0.274. The highest BCUT2D eigenvalue weighted by Gasteiger charge is 2.32. The molecule has 1 aromatic rings. The summed E-state index contributed by atoms with van der Waals surface area (Å²) in [6.07, 6.45) is -1.89. The minimum Gasteiger partial charge on any atom is -0.406 e. The van der Waals surface area contributed by atoms with Crippen LogP contribution in [0.4, 0.5) is 13.2 Å². The zero-order chi connectivity index (χ0) is 19.2. The van der Waals surface area contributed by atoms with Gasteiger partial charge >= 0.3 is 6.36 Å². The van der Waals surface area contributed by atoms with E-state index in [-0.39, 0.29) is 36.8 Å². The summed E-state index contributed by atoms with van der Waals surface area (Å²) >= 11 is 0. The summed E-state index contributed by atoms with van der Waals surface area (Å²) in [5.74, 6) is 0.364. The molecule has 1 unspecified atom stereocenters. The number of halogens is 4. The summed E-state index contributed by atoms with van der Waals surface area (Å²) in [4.78, 5) is 2.37. The lowest BCUT2D eigenvalue weighted by Gasteiger charge is -2.42. The first-order valence-corrected chi connectivity index (χ1v) is 9.10. The molecule has 8 heteroatoms. The van der Waals surface area contributed by atoms with Gasteiger partial charge in [-0.05, 0) is 49.8 Å². The van der Waals surface area contributed by atoms with Gasteiger partial charge in [-0.1, -0.05) is 19.1 Å². The Balaban J connectivity index is 0.00000364. The zero-order valence-corrected chi connectivity index (χ0v) is 16.6. The van der Waals surface area contributed by atoms with Gasteiger partial charge in [0.2, 0.25) is 0 Å². The van der Waals surface area contributed by atoms with Gasteiger partial charge in [-0.25, -0.2) is 0 Å². The van der Waals surface area contributed by atoms with Crippen LogP contribution in [0.2, 0.25) is 0 Å². The number of likely N-dealkylation sites (tertiary alicyclic amines) is 1. The van der Waals surface area contributed by atoms with Crippen molar-refractivity contribution in [3.8, 4) is 5.75 Å². The topological polar surface area (TPSA) is 41.9 Å². The molecule has 0 aliphatic carbocycles. The first kappa shape index (κ1) is 24.0. The van der Waals surface area contributed by atoms with Gasteiger partial charge in [0.25, 0.3) is 0 Å². The summed E-state index contributed by atoms with van der Waals surface area (Å²) in [5, 5.41) is 8.85. The highest BCUT2D eigenvalue weighted by Crippen LogP contribution is 2.32. The lowest BCUT2D eigenvalue weighted by Crippen LogP contribution is -2.46. The van der Waals surface area contributed by atoms with Gasteiger partial charge in [-0.15, -0.1) is 25.6 Å². The Bertz CT molecular complexity index is 542. The Hall–Kier alpha value is -1.02. The Labute approximate surface area is 165 Å². The third kappa shape index (κ3) is 7.86. The van der Waals surface area contributed by atoms with E-state index in [9.17, 15) is 13.2 Å². The molecular weight excluding hydrogens is 383 g/mol. The standard InChI is InChI=1S/C19H28F3NO3.ClH/c1-14-4-7-17(13-25-11-3-10-24)23(12-14)15(2)16-5-8-18(9-6-16)26-19(20,21)22;/h5-6,8-9,14-15,17,24H,3-4,7,10-13H2,1-2H3;1H/t14-,15?,17+;/m1./s1.